The van der Waals surface area contributed by atoms with Crippen molar-refractivity contribution in [2.75, 3.05) is 13.7 Å². The molecule has 5 rings (SSSR count). The molecule has 0 radical (unpaired) electrons. The van der Waals surface area contributed by atoms with Crippen molar-refractivity contribution in [2.24, 2.45) is 17.3 Å². The van der Waals surface area contributed by atoms with Crippen molar-refractivity contribution < 1.29 is 13.6 Å². The van der Waals surface area contributed by atoms with Gasteiger partial charge in [-0.05, 0) is 77.2 Å². The zero-order chi connectivity index (χ0) is 21.8. The molecule has 2 aliphatic heterocycles. The second kappa shape index (κ2) is 8.17. The van der Waals surface area contributed by atoms with Gasteiger partial charge in [0.15, 0.2) is 0 Å². The Morgan fingerprint density at radius 1 is 1.13 bits per heavy atom. The highest BCUT2D eigenvalue weighted by molar-refractivity contribution is 5.82. The Morgan fingerprint density at radius 2 is 1.90 bits per heavy atom. The van der Waals surface area contributed by atoms with Crippen LogP contribution in [0.15, 0.2) is 0 Å². The summed E-state index contributed by atoms with van der Waals surface area (Å²) in [6.45, 7) is 2.55. The highest BCUT2D eigenvalue weighted by Gasteiger charge is 2.69. The quantitative estimate of drug-likeness (QED) is 0.431. The Hall–Kier alpha value is -0.870. The van der Waals surface area contributed by atoms with Gasteiger partial charge in [-0.2, -0.15) is 0 Å². The van der Waals surface area contributed by atoms with Gasteiger partial charge in [-0.3, -0.25) is 20.3 Å². The van der Waals surface area contributed by atoms with Gasteiger partial charge in [-0.1, -0.05) is 6.42 Å². The second-order valence-electron chi connectivity index (χ2n) is 10.8. The van der Waals surface area contributed by atoms with Gasteiger partial charge in [0.25, 0.3) is 5.92 Å². The molecule has 0 aromatic carbocycles. The number of carbonyl (C=O) groups excluding carboxylic acids is 1. The third-order valence-electron chi connectivity index (χ3n) is 8.45. The monoisotopic (exact) mass is 440 g/mol. The molecule has 31 heavy (non-hydrogen) atoms. The molecule has 5 N–H and O–H groups in total. The zero-order valence-electron chi connectivity index (χ0n) is 18.7. The largest absolute Gasteiger partial charge is 0.352 e. The van der Waals surface area contributed by atoms with Crippen LogP contribution < -0.4 is 26.8 Å². The SMILES string of the molecule is CC1CC(C(=O)NC2CCCC(C3(C(F)(F)C4NNCN4C)CC3)C2)NC(C2CC2)N1. The maximum absolute atomic E-state index is 15.6. The number of carbonyl (C=O) groups is 1. The summed E-state index contributed by atoms with van der Waals surface area (Å²) in [5.74, 6) is -2.17. The standard InChI is InChI=1S/C22H38F2N6O/c1-13-10-17(28-18(26-13)14-6-7-14)19(31)27-16-5-3-4-15(11-16)21(8-9-21)22(23,24)20-29-25-12-30(20)2/h13-18,20,25-26,28-29H,3-12H2,1-2H3,(H,27,31). The zero-order valence-corrected chi connectivity index (χ0v) is 18.7. The summed E-state index contributed by atoms with van der Waals surface area (Å²) >= 11 is 0. The highest BCUT2D eigenvalue weighted by Crippen LogP contribution is 2.65. The molecule has 3 aliphatic carbocycles. The molecular formula is C22H38F2N6O. The molecule has 176 valence electrons. The van der Waals surface area contributed by atoms with Gasteiger partial charge in [0.1, 0.15) is 6.17 Å². The normalized spacial score (nSPS) is 41.2. The maximum Gasteiger partial charge on any atom is 0.283 e. The third kappa shape index (κ3) is 4.12. The van der Waals surface area contributed by atoms with E-state index in [-0.39, 0.29) is 30.1 Å². The summed E-state index contributed by atoms with van der Waals surface area (Å²) in [6.07, 6.45) is 6.89. The van der Waals surface area contributed by atoms with E-state index in [0.29, 0.717) is 37.9 Å². The molecule has 5 aliphatic rings. The Kier molecular flexibility index (Phi) is 5.78. The van der Waals surface area contributed by atoms with Crippen molar-refractivity contribution in [3.63, 3.8) is 0 Å². The van der Waals surface area contributed by atoms with Gasteiger partial charge in [-0.25, -0.2) is 19.6 Å². The van der Waals surface area contributed by atoms with Crippen LogP contribution in [0.1, 0.15) is 64.7 Å². The molecule has 0 spiro atoms. The van der Waals surface area contributed by atoms with E-state index in [0.717, 1.165) is 25.7 Å². The molecule has 2 saturated heterocycles. The topological polar surface area (TPSA) is 80.5 Å². The first-order chi connectivity index (χ1) is 14.8. The van der Waals surface area contributed by atoms with E-state index in [1.807, 2.05) is 0 Å². The maximum atomic E-state index is 15.6. The smallest absolute Gasteiger partial charge is 0.283 e. The number of nitrogens with zero attached hydrogens (tertiary/aromatic N) is 1. The first-order valence-corrected chi connectivity index (χ1v) is 12.2. The van der Waals surface area contributed by atoms with Gasteiger partial charge in [-0.15, -0.1) is 0 Å². The molecular weight excluding hydrogens is 402 g/mol. The number of nitrogens with one attached hydrogen (secondary N) is 5. The van der Waals surface area contributed by atoms with Crippen LogP contribution in [0.3, 0.4) is 0 Å². The lowest BCUT2D eigenvalue weighted by Gasteiger charge is -2.42. The molecule has 5 fully saturated rings. The highest BCUT2D eigenvalue weighted by atomic mass is 19.3. The fourth-order valence-electron chi connectivity index (χ4n) is 6.33. The summed E-state index contributed by atoms with van der Waals surface area (Å²) in [4.78, 5) is 14.7. The number of hydrogen-bond acceptors (Lipinski definition) is 6. The van der Waals surface area contributed by atoms with E-state index < -0.39 is 17.5 Å². The average molecular weight is 441 g/mol. The number of alkyl halides is 2. The van der Waals surface area contributed by atoms with Crippen LogP contribution in [0.4, 0.5) is 8.78 Å². The van der Waals surface area contributed by atoms with Gasteiger partial charge in [0.2, 0.25) is 5.91 Å². The summed E-state index contributed by atoms with van der Waals surface area (Å²) < 4.78 is 31.2. The fourth-order valence-corrected chi connectivity index (χ4v) is 6.33. The van der Waals surface area contributed by atoms with Crippen molar-refractivity contribution in [1.82, 2.24) is 31.7 Å². The van der Waals surface area contributed by atoms with Crippen molar-refractivity contribution in [3.05, 3.63) is 0 Å². The van der Waals surface area contributed by atoms with Crippen LogP contribution in [0, 0.1) is 17.3 Å². The Bertz CT molecular complexity index is 685. The van der Waals surface area contributed by atoms with E-state index in [2.05, 4.69) is 33.7 Å². The molecule has 3 saturated carbocycles. The fraction of sp³-hybridized carbons (Fsp3) is 0.955. The minimum atomic E-state index is -2.80. The lowest BCUT2D eigenvalue weighted by atomic mass is 9.72. The van der Waals surface area contributed by atoms with Gasteiger partial charge >= 0.3 is 0 Å². The molecule has 1 amide bonds. The number of rotatable bonds is 6. The molecule has 0 aromatic rings. The van der Waals surface area contributed by atoms with Crippen LogP contribution >= 0.6 is 0 Å². The minimum Gasteiger partial charge on any atom is -0.352 e. The van der Waals surface area contributed by atoms with Crippen LogP contribution in [0.2, 0.25) is 0 Å². The van der Waals surface area contributed by atoms with Crippen LogP contribution in [-0.4, -0.2) is 60.9 Å². The molecule has 6 atom stereocenters. The molecule has 2 heterocycles. The summed E-state index contributed by atoms with van der Waals surface area (Å²) in [5, 5.41) is 10.3. The molecule has 6 unspecified atom stereocenters. The number of hydrazine groups is 1. The predicted octanol–water partition coefficient (Wildman–Crippen LogP) is 1.48. The lowest BCUT2D eigenvalue weighted by Crippen LogP contribution is -2.63. The molecule has 0 bridgehead atoms. The molecule has 0 aromatic heterocycles. The van der Waals surface area contributed by atoms with E-state index in [9.17, 15) is 4.79 Å². The van der Waals surface area contributed by atoms with Crippen molar-refractivity contribution >= 4 is 5.91 Å². The number of halogens is 2. The van der Waals surface area contributed by atoms with E-state index in [4.69, 9.17) is 0 Å². The van der Waals surface area contributed by atoms with E-state index in [1.54, 1.807) is 11.9 Å². The van der Waals surface area contributed by atoms with Crippen LogP contribution in [0.5, 0.6) is 0 Å². The average Bonchev–Trinajstić information content (AvgIpc) is 3.65. The van der Waals surface area contributed by atoms with E-state index in [1.165, 1.54) is 12.8 Å². The lowest BCUT2D eigenvalue weighted by molar-refractivity contribution is -0.153. The second-order valence-corrected chi connectivity index (χ2v) is 10.8. The van der Waals surface area contributed by atoms with Crippen molar-refractivity contribution in [3.8, 4) is 0 Å². The summed E-state index contributed by atoms with van der Waals surface area (Å²) in [6, 6.07) is 0.110. The number of hydrogen-bond donors (Lipinski definition) is 5. The predicted molar refractivity (Wildman–Crippen MR) is 114 cm³/mol. The Balaban J connectivity index is 1.21. The van der Waals surface area contributed by atoms with Gasteiger partial charge < -0.3 is 5.32 Å². The van der Waals surface area contributed by atoms with Crippen LogP contribution in [0.25, 0.3) is 0 Å². The first-order valence-electron chi connectivity index (χ1n) is 12.2. The third-order valence-corrected chi connectivity index (χ3v) is 8.45. The molecule has 9 heteroatoms. The van der Waals surface area contributed by atoms with Gasteiger partial charge in [0, 0.05) is 17.5 Å². The summed E-state index contributed by atoms with van der Waals surface area (Å²) in [7, 11) is 1.73. The van der Waals surface area contributed by atoms with Crippen molar-refractivity contribution in [1.29, 1.82) is 0 Å². The minimum absolute atomic E-state index is 0.00159. The number of amides is 1. The summed E-state index contributed by atoms with van der Waals surface area (Å²) in [5.41, 5.74) is 4.69. The van der Waals surface area contributed by atoms with Gasteiger partial charge in [0.05, 0.1) is 18.9 Å². The Morgan fingerprint density at radius 3 is 2.55 bits per heavy atom. The van der Waals surface area contributed by atoms with Crippen LogP contribution in [-0.2, 0) is 4.79 Å². The molecule has 7 nitrogen and oxygen atoms in total. The van der Waals surface area contributed by atoms with Crippen molar-refractivity contribution in [2.45, 2.75) is 101 Å². The Labute approximate surface area is 183 Å². The van der Waals surface area contributed by atoms with E-state index >= 15 is 8.78 Å². The first kappa shape index (κ1) is 21.9.